The zero-order valence-corrected chi connectivity index (χ0v) is 13.6. The molecule has 1 amide bonds. The number of nitrogens with one attached hydrogen (secondary N) is 1. The van der Waals surface area contributed by atoms with Crippen molar-refractivity contribution in [1.82, 2.24) is 9.88 Å². The summed E-state index contributed by atoms with van der Waals surface area (Å²) >= 11 is 0. The van der Waals surface area contributed by atoms with Gasteiger partial charge >= 0.3 is 0 Å². The van der Waals surface area contributed by atoms with Crippen molar-refractivity contribution in [2.75, 3.05) is 18.4 Å². The summed E-state index contributed by atoms with van der Waals surface area (Å²) in [5.74, 6) is 0.222. The summed E-state index contributed by atoms with van der Waals surface area (Å²) in [6, 6.07) is 8.41. The summed E-state index contributed by atoms with van der Waals surface area (Å²) in [6.07, 6.45) is 2.34. The second kappa shape index (κ2) is 7.13. The van der Waals surface area contributed by atoms with E-state index in [-0.39, 0.29) is 11.6 Å². The normalized spacial score (nSPS) is 16.3. The highest BCUT2D eigenvalue weighted by Gasteiger charge is 2.29. The third-order valence-electron chi connectivity index (χ3n) is 4.06. The standard InChI is InChI=1S/C16H15N5O5/c22-16(11-7-13(20(23)24)9-14(8-11)21(25)26)19-6-4-12(10-19)18-15-3-1-2-5-17-15/h1-3,5,7-9,12H,4,6,10H2,(H,17,18)/t12-/m1/s1. The highest BCUT2D eigenvalue weighted by Crippen LogP contribution is 2.25. The molecular weight excluding hydrogens is 342 g/mol. The number of hydrogen-bond donors (Lipinski definition) is 1. The molecule has 10 nitrogen and oxygen atoms in total. The molecule has 10 heteroatoms. The molecule has 1 aromatic carbocycles. The first-order chi connectivity index (χ1) is 12.4. The Bertz CT molecular complexity index is 825. The Kier molecular flexibility index (Phi) is 4.74. The lowest BCUT2D eigenvalue weighted by molar-refractivity contribution is -0.394. The molecule has 1 N–H and O–H groups in total. The van der Waals surface area contributed by atoms with Crippen LogP contribution in [0.15, 0.2) is 42.6 Å². The Morgan fingerprint density at radius 1 is 1.15 bits per heavy atom. The molecule has 0 aliphatic carbocycles. The van der Waals surface area contributed by atoms with Crippen molar-refractivity contribution in [3.63, 3.8) is 0 Å². The molecule has 1 saturated heterocycles. The molecule has 1 aliphatic rings. The van der Waals surface area contributed by atoms with E-state index in [9.17, 15) is 25.0 Å². The molecule has 1 fully saturated rings. The van der Waals surface area contributed by atoms with Gasteiger partial charge in [-0.05, 0) is 18.6 Å². The Morgan fingerprint density at radius 3 is 2.42 bits per heavy atom. The summed E-state index contributed by atoms with van der Waals surface area (Å²) < 4.78 is 0. The van der Waals surface area contributed by atoms with Crippen LogP contribution in [-0.4, -0.2) is 44.8 Å². The predicted octanol–water partition coefficient (Wildman–Crippen LogP) is 2.22. The Labute approximate surface area is 147 Å². The van der Waals surface area contributed by atoms with Crippen LogP contribution < -0.4 is 5.32 Å². The number of likely N-dealkylation sites (tertiary alicyclic amines) is 1. The minimum atomic E-state index is -0.751. The van der Waals surface area contributed by atoms with Gasteiger partial charge in [0, 0.05) is 37.5 Å². The fraction of sp³-hybridized carbons (Fsp3) is 0.250. The van der Waals surface area contributed by atoms with Gasteiger partial charge in [0.05, 0.1) is 21.5 Å². The van der Waals surface area contributed by atoms with E-state index in [1.807, 2.05) is 12.1 Å². The van der Waals surface area contributed by atoms with Crippen molar-refractivity contribution in [3.05, 3.63) is 68.4 Å². The SMILES string of the molecule is O=C(c1cc([N+](=O)[O-])cc([N+](=O)[O-])c1)N1CC[C@@H](Nc2ccccn2)C1. The third kappa shape index (κ3) is 3.74. The van der Waals surface area contributed by atoms with Crippen LogP contribution in [0.3, 0.4) is 0 Å². The summed E-state index contributed by atoms with van der Waals surface area (Å²) in [4.78, 5) is 38.8. The van der Waals surface area contributed by atoms with Gasteiger partial charge in [-0.15, -0.1) is 0 Å². The van der Waals surface area contributed by atoms with Crippen LogP contribution in [0.5, 0.6) is 0 Å². The Morgan fingerprint density at radius 2 is 1.85 bits per heavy atom. The van der Waals surface area contributed by atoms with Gasteiger partial charge in [-0.25, -0.2) is 4.98 Å². The molecule has 26 heavy (non-hydrogen) atoms. The van der Waals surface area contributed by atoms with Crippen molar-refractivity contribution in [1.29, 1.82) is 0 Å². The molecule has 0 saturated carbocycles. The van der Waals surface area contributed by atoms with E-state index in [1.54, 1.807) is 12.3 Å². The lowest BCUT2D eigenvalue weighted by Gasteiger charge is -2.17. The summed E-state index contributed by atoms with van der Waals surface area (Å²) in [5.41, 5.74) is -1.03. The van der Waals surface area contributed by atoms with Gasteiger partial charge in [0.15, 0.2) is 0 Å². The molecule has 3 rings (SSSR count). The molecule has 1 aliphatic heterocycles. The van der Waals surface area contributed by atoms with E-state index in [0.717, 1.165) is 18.2 Å². The van der Waals surface area contributed by atoms with E-state index < -0.39 is 27.1 Å². The number of non-ortho nitro benzene ring substituents is 2. The van der Waals surface area contributed by atoms with Gasteiger partial charge in [0.25, 0.3) is 17.3 Å². The molecule has 0 radical (unpaired) electrons. The number of nitro groups is 2. The Balaban J connectivity index is 1.75. The zero-order chi connectivity index (χ0) is 18.7. The summed E-state index contributed by atoms with van der Waals surface area (Å²) in [7, 11) is 0. The van der Waals surface area contributed by atoms with Gasteiger partial charge in [0.1, 0.15) is 5.82 Å². The minimum absolute atomic E-state index is 0.0115. The van der Waals surface area contributed by atoms with Crippen LogP contribution in [0.25, 0.3) is 0 Å². The second-order valence-corrected chi connectivity index (χ2v) is 5.85. The first kappa shape index (κ1) is 17.3. The highest BCUT2D eigenvalue weighted by atomic mass is 16.6. The number of aromatic nitrogens is 1. The Hall–Kier alpha value is -3.56. The topological polar surface area (TPSA) is 132 Å². The maximum atomic E-state index is 12.6. The van der Waals surface area contributed by atoms with E-state index in [1.165, 1.54) is 4.90 Å². The molecular formula is C16H15N5O5. The molecule has 134 valence electrons. The average molecular weight is 357 g/mol. The number of carbonyl (C=O) groups excluding carboxylic acids is 1. The van der Waals surface area contributed by atoms with Crippen LogP contribution in [0.1, 0.15) is 16.8 Å². The molecule has 1 atom stereocenters. The highest BCUT2D eigenvalue weighted by molar-refractivity contribution is 5.95. The number of benzene rings is 1. The number of amides is 1. The van der Waals surface area contributed by atoms with Crippen molar-refractivity contribution >= 4 is 23.1 Å². The third-order valence-corrected chi connectivity index (χ3v) is 4.06. The number of nitro benzene ring substituents is 2. The number of nitrogens with zero attached hydrogens (tertiary/aromatic N) is 4. The van der Waals surface area contributed by atoms with Gasteiger partial charge in [-0.3, -0.25) is 25.0 Å². The largest absolute Gasteiger partial charge is 0.365 e. The lowest BCUT2D eigenvalue weighted by Crippen LogP contribution is -2.31. The van der Waals surface area contributed by atoms with E-state index in [0.29, 0.717) is 25.3 Å². The maximum Gasteiger partial charge on any atom is 0.277 e. The maximum absolute atomic E-state index is 12.6. The molecule has 2 heterocycles. The predicted molar refractivity (Wildman–Crippen MR) is 91.9 cm³/mol. The first-order valence-electron chi connectivity index (χ1n) is 7.85. The van der Waals surface area contributed by atoms with Crippen molar-refractivity contribution in [2.24, 2.45) is 0 Å². The van der Waals surface area contributed by atoms with Gasteiger partial charge in [0.2, 0.25) is 0 Å². The van der Waals surface area contributed by atoms with Crippen molar-refractivity contribution < 1.29 is 14.6 Å². The minimum Gasteiger partial charge on any atom is -0.365 e. The molecule has 0 bridgehead atoms. The van der Waals surface area contributed by atoms with E-state index in [2.05, 4.69) is 10.3 Å². The number of hydrogen-bond acceptors (Lipinski definition) is 7. The van der Waals surface area contributed by atoms with Crippen molar-refractivity contribution in [3.8, 4) is 0 Å². The molecule has 0 spiro atoms. The van der Waals surface area contributed by atoms with Crippen molar-refractivity contribution in [2.45, 2.75) is 12.5 Å². The van der Waals surface area contributed by atoms with Gasteiger partial charge in [-0.2, -0.15) is 0 Å². The van der Waals surface area contributed by atoms with Crippen LogP contribution in [0.4, 0.5) is 17.2 Å². The number of anilines is 1. The monoisotopic (exact) mass is 357 g/mol. The van der Waals surface area contributed by atoms with Crippen LogP contribution >= 0.6 is 0 Å². The quantitative estimate of drug-likeness (QED) is 0.641. The summed E-state index contributed by atoms with van der Waals surface area (Å²) in [6.45, 7) is 0.825. The number of carbonyl (C=O) groups is 1. The second-order valence-electron chi connectivity index (χ2n) is 5.85. The van der Waals surface area contributed by atoms with E-state index >= 15 is 0 Å². The van der Waals surface area contributed by atoms with Crippen LogP contribution in [0, 0.1) is 20.2 Å². The smallest absolute Gasteiger partial charge is 0.277 e. The zero-order valence-electron chi connectivity index (χ0n) is 13.6. The molecule has 1 aromatic heterocycles. The fourth-order valence-corrected chi connectivity index (χ4v) is 2.83. The first-order valence-corrected chi connectivity index (χ1v) is 7.85. The lowest BCUT2D eigenvalue weighted by atomic mass is 10.1. The number of rotatable bonds is 5. The van der Waals surface area contributed by atoms with Gasteiger partial charge in [-0.1, -0.05) is 6.07 Å². The fourth-order valence-electron chi connectivity index (χ4n) is 2.83. The van der Waals surface area contributed by atoms with E-state index in [4.69, 9.17) is 0 Å². The van der Waals surface area contributed by atoms with Crippen LogP contribution in [-0.2, 0) is 0 Å². The van der Waals surface area contributed by atoms with Gasteiger partial charge < -0.3 is 10.2 Å². The summed E-state index contributed by atoms with van der Waals surface area (Å²) in [5, 5.41) is 25.2. The average Bonchev–Trinajstić information content (AvgIpc) is 3.09. The molecule has 0 unspecified atom stereocenters. The van der Waals surface area contributed by atoms with Crippen LogP contribution in [0.2, 0.25) is 0 Å². The number of pyridine rings is 1. The molecule has 2 aromatic rings.